The summed E-state index contributed by atoms with van der Waals surface area (Å²) in [5, 5.41) is 0. The number of hydrogen-bond acceptors (Lipinski definition) is 0. The van der Waals surface area contributed by atoms with E-state index in [0.717, 1.165) is 0 Å². The summed E-state index contributed by atoms with van der Waals surface area (Å²) >= 11 is 0. The molecule has 0 unspecified atom stereocenters. The topological polar surface area (TPSA) is 8.81 Å². The van der Waals surface area contributed by atoms with Gasteiger partial charge in [-0.25, -0.2) is 9.13 Å². The molecule has 0 aromatic carbocycles. The number of unbranched alkanes of at least 4 members (excludes halogenated alkanes) is 29. The molecule has 43 heavy (non-hydrogen) atoms. The third-order valence-corrected chi connectivity index (χ3v) is 9.85. The standard InChI is InChI=1S/C41H81N2/c1-4-7-10-13-16-19-21-22-23-26-29-32-35-38-43-40-39-42(37-34-31-28-25-20-17-14-11-8-5-2)41(43)36-33-30-27-24-18-15-12-9-6-3/h39-40H,4-38H2,1-3H3/q+1. The van der Waals surface area contributed by atoms with Crippen LogP contribution in [0.5, 0.6) is 0 Å². The summed E-state index contributed by atoms with van der Waals surface area (Å²) in [5.74, 6) is 1.62. The van der Waals surface area contributed by atoms with Crippen LogP contribution in [0.1, 0.15) is 232 Å². The Hall–Kier alpha value is -0.790. The molecule has 0 aliphatic heterocycles. The van der Waals surface area contributed by atoms with Gasteiger partial charge in [0.25, 0.3) is 5.82 Å². The molecule has 254 valence electrons. The van der Waals surface area contributed by atoms with Crippen molar-refractivity contribution in [2.24, 2.45) is 0 Å². The van der Waals surface area contributed by atoms with Crippen molar-refractivity contribution in [3.8, 4) is 0 Å². The number of rotatable bonds is 35. The predicted molar refractivity (Wildman–Crippen MR) is 193 cm³/mol. The molecule has 1 rings (SSSR count). The molecule has 0 atom stereocenters. The van der Waals surface area contributed by atoms with Crippen molar-refractivity contribution in [1.82, 2.24) is 4.57 Å². The van der Waals surface area contributed by atoms with E-state index in [9.17, 15) is 0 Å². The second kappa shape index (κ2) is 32.6. The average Bonchev–Trinajstić information content (AvgIpc) is 3.40. The number of hydrogen-bond donors (Lipinski definition) is 0. The number of nitrogens with zero attached hydrogens (tertiary/aromatic N) is 2. The summed E-state index contributed by atoms with van der Waals surface area (Å²) in [6, 6.07) is 0. The molecular formula is C41H81N2+. The Morgan fingerprint density at radius 3 is 1.12 bits per heavy atom. The van der Waals surface area contributed by atoms with Crippen molar-refractivity contribution < 1.29 is 4.57 Å². The fraction of sp³-hybridized carbons (Fsp3) is 0.927. The molecule has 0 radical (unpaired) electrons. The molecule has 0 bridgehead atoms. The highest BCUT2D eigenvalue weighted by Gasteiger charge is 2.16. The zero-order valence-corrected chi connectivity index (χ0v) is 30.3. The predicted octanol–water partition coefficient (Wildman–Crippen LogP) is 13.9. The van der Waals surface area contributed by atoms with Gasteiger partial charge in [-0.2, -0.15) is 0 Å². The van der Waals surface area contributed by atoms with Gasteiger partial charge in [0.15, 0.2) is 0 Å². The Labute approximate surface area is 272 Å². The summed E-state index contributed by atoms with van der Waals surface area (Å²) in [7, 11) is 0. The smallest absolute Gasteiger partial charge is 0.234 e. The average molecular weight is 602 g/mol. The van der Waals surface area contributed by atoms with Crippen molar-refractivity contribution in [2.75, 3.05) is 0 Å². The van der Waals surface area contributed by atoms with Gasteiger partial charge in [0, 0.05) is 6.42 Å². The van der Waals surface area contributed by atoms with Gasteiger partial charge < -0.3 is 0 Å². The van der Waals surface area contributed by atoms with Gasteiger partial charge in [-0.05, 0) is 32.1 Å². The van der Waals surface area contributed by atoms with E-state index in [4.69, 9.17) is 0 Å². The molecule has 0 spiro atoms. The molecule has 0 N–H and O–H groups in total. The van der Waals surface area contributed by atoms with Crippen LogP contribution in [0.15, 0.2) is 12.4 Å². The van der Waals surface area contributed by atoms with E-state index in [-0.39, 0.29) is 0 Å². The van der Waals surface area contributed by atoms with Crippen LogP contribution < -0.4 is 4.57 Å². The lowest BCUT2D eigenvalue weighted by Gasteiger charge is -2.07. The monoisotopic (exact) mass is 602 g/mol. The zero-order chi connectivity index (χ0) is 30.9. The largest absolute Gasteiger partial charge is 0.256 e. The van der Waals surface area contributed by atoms with Gasteiger partial charge in [0.2, 0.25) is 0 Å². The minimum atomic E-state index is 1.23. The summed E-state index contributed by atoms with van der Waals surface area (Å²) in [4.78, 5) is 0. The van der Waals surface area contributed by atoms with E-state index in [1.165, 1.54) is 225 Å². The Kier molecular flexibility index (Phi) is 30.5. The maximum atomic E-state index is 2.64. The molecule has 1 aromatic heterocycles. The van der Waals surface area contributed by atoms with Crippen molar-refractivity contribution in [3.63, 3.8) is 0 Å². The van der Waals surface area contributed by atoms with E-state index in [1.54, 1.807) is 5.82 Å². The van der Waals surface area contributed by atoms with Crippen LogP contribution >= 0.6 is 0 Å². The Morgan fingerprint density at radius 1 is 0.395 bits per heavy atom. The van der Waals surface area contributed by atoms with Crippen molar-refractivity contribution >= 4 is 0 Å². The fourth-order valence-electron chi connectivity index (χ4n) is 6.86. The van der Waals surface area contributed by atoms with Crippen LogP contribution in [0.4, 0.5) is 0 Å². The Bertz CT molecular complexity index is 663. The fourth-order valence-corrected chi connectivity index (χ4v) is 6.86. The van der Waals surface area contributed by atoms with E-state index >= 15 is 0 Å². The first-order chi connectivity index (χ1) is 21.3. The molecule has 0 aliphatic rings. The van der Waals surface area contributed by atoms with Crippen LogP contribution in [0.2, 0.25) is 0 Å². The third-order valence-electron chi connectivity index (χ3n) is 9.85. The molecular weight excluding hydrogens is 520 g/mol. The first-order valence-corrected chi connectivity index (χ1v) is 20.4. The summed E-state index contributed by atoms with van der Waals surface area (Å²) < 4.78 is 5.28. The minimum absolute atomic E-state index is 1.23. The molecule has 0 saturated heterocycles. The molecule has 2 nitrogen and oxygen atoms in total. The Morgan fingerprint density at radius 2 is 0.721 bits per heavy atom. The van der Waals surface area contributed by atoms with Gasteiger partial charge in [0.1, 0.15) is 12.4 Å². The molecule has 0 aliphatic carbocycles. The lowest BCUT2D eigenvalue weighted by atomic mass is 10.0. The Balaban J connectivity index is 2.29. The first-order valence-electron chi connectivity index (χ1n) is 20.4. The quantitative estimate of drug-likeness (QED) is 0.0540. The molecule has 0 amide bonds. The van der Waals surface area contributed by atoms with E-state index in [0.29, 0.717) is 0 Å². The second-order valence-corrected chi connectivity index (χ2v) is 14.1. The van der Waals surface area contributed by atoms with Crippen molar-refractivity contribution in [1.29, 1.82) is 0 Å². The minimum Gasteiger partial charge on any atom is -0.234 e. The summed E-state index contributed by atoms with van der Waals surface area (Å²) in [6.45, 7) is 9.40. The molecule has 2 heteroatoms. The van der Waals surface area contributed by atoms with Crippen molar-refractivity contribution in [3.05, 3.63) is 18.2 Å². The zero-order valence-electron chi connectivity index (χ0n) is 30.3. The summed E-state index contributed by atoms with van der Waals surface area (Å²) in [5.41, 5.74) is 0. The lowest BCUT2D eigenvalue weighted by molar-refractivity contribution is -0.704. The highest BCUT2D eigenvalue weighted by Crippen LogP contribution is 2.15. The SMILES string of the molecule is CCCCCCCCCCCCCCC[n+]1ccn(CCCCCCCCCCCC)c1CCCCCCCCCCC. The molecule has 0 fully saturated rings. The maximum Gasteiger partial charge on any atom is 0.256 e. The van der Waals surface area contributed by atoms with Gasteiger partial charge in [0.05, 0.1) is 13.1 Å². The third kappa shape index (κ3) is 25.1. The van der Waals surface area contributed by atoms with Gasteiger partial charge in [-0.1, -0.05) is 194 Å². The van der Waals surface area contributed by atoms with Crippen LogP contribution in [-0.2, 0) is 19.5 Å². The van der Waals surface area contributed by atoms with Gasteiger partial charge >= 0.3 is 0 Å². The maximum absolute atomic E-state index is 2.64. The highest BCUT2D eigenvalue weighted by molar-refractivity contribution is 4.84. The van der Waals surface area contributed by atoms with Gasteiger partial charge in [-0.15, -0.1) is 0 Å². The second-order valence-electron chi connectivity index (χ2n) is 14.1. The van der Waals surface area contributed by atoms with Crippen LogP contribution in [-0.4, -0.2) is 4.57 Å². The van der Waals surface area contributed by atoms with Crippen LogP contribution in [0, 0.1) is 0 Å². The van der Waals surface area contributed by atoms with Crippen LogP contribution in [0.3, 0.4) is 0 Å². The lowest BCUT2D eigenvalue weighted by Crippen LogP contribution is -2.37. The molecule has 0 saturated carbocycles. The van der Waals surface area contributed by atoms with Crippen LogP contribution in [0.25, 0.3) is 0 Å². The van der Waals surface area contributed by atoms with E-state index in [2.05, 4.69) is 42.3 Å². The normalized spacial score (nSPS) is 11.6. The molecule has 1 aromatic rings. The number of imidazole rings is 1. The summed E-state index contributed by atoms with van der Waals surface area (Å²) in [6.07, 6.45) is 51.9. The van der Waals surface area contributed by atoms with E-state index < -0.39 is 0 Å². The highest BCUT2D eigenvalue weighted by atomic mass is 15.1. The molecule has 1 heterocycles. The van der Waals surface area contributed by atoms with E-state index in [1.807, 2.05) is 0 Å². The van der Waals surface area contributed by atoms with Crippen molar-refractivity contribution in [2.45, 2.75) is 246 Å². The first kappa shape index (κ1) is 40.2. The number of aromatic nitrogens is 2. The van der Waals surface area contributed by atoms with Gasteiger partial charge in [-0.3, -0.25) is 0 Å². The number of aryl methyl sites for hydroxylation is 2.